The Morgan fingerprint density at radius 1 is 1.53 bits per heavy atom. The van der Waals surface area contributed by atoms with E-state index in [9.17, 15) is 10.1 Å². The van der Waals surface area contributed by atoms with E-state index in [0.717, 1.165) is 0 Å². The van der Waals surface area contributed by atoms with Gasteiger partial charge in [-0.25, -0.2) is 0 Å². The van der Waals surface area contributed by atoms with Crippen LogP contribution in [-0.2, 0) is 0 Å². The van der Waals surface area contributed by atoms with Crippen LogP contribution in [0.15, 0.2) is 12.1 Å². The Morgan fingerprint density at radius 2 is 2.21 bits per heavy atom. The number of nitro groups is 1. The molecule has 0 aliphatic heterocycles. The van der Waals surface area contributed by atoms with Gasteiger partial charge in [0.1, 0.15) is 0 Å². The Kier molecular flexibility index (Phi) is 5.50. The molecule has 106 valence electrons. The summed E-state index contributed by atoms with van der Waals surface area (Å²) >= 11 is 0. The summed E-state index contributed by atoms with van der Waals surface area (Å²) in [5.41, 5.74) is -0.0626. The molecule has 0 amide bonds. The molecular formula is C12H19N3O4. The van der Waals surface area contributed by atoms with Crippen LogP contribution < -0.4 is 9.64 Å². The van der Waals surface area contributed by atoms with Crippen molar-refractivity contribution in [3.63, 3.8) is 0 Å². The van der Waals surface area contributed by atoms with Crippen LogP contribution in [0.2, 0.25) is 0 Å². The molecule has 0 saturated heterocycles. The molecule has 0 aliphatic rings. The molecule has 0 bridgehead atoms. The molecule has 0 radical (unpaired) electrons. The average molecular weight is 269 g/mol. The predicted octanol–water partition coefficient (Wildman–Crippen LogP) is 1.60. The minimum atomic E-state index is -0.462. The lowest BCUT2D eigenvalue weighted by Crippen LogP contribution is -2.33. The van der Waals surface area contributed by atoms with E-state index in [0.29, 0.717) is 18.8 Å². The Labute approximate surface area is 112 Å². The van der Waals surface area contributed by atoms with Crippen LogP contribution in [0, 0.1) is 10.1 Å². The SMILES string of the molecule is COc1ccc([N+](=O)[O-])c(N(CCCO)C(C)C)n1. The molecule has 0 fully saturated rings. The zero-order chi connectivity index (χ0) is 14.4. The third-order valence-electron chi connectivity index (χ3n) is 2.69. The van der Waals surface area contributed by atoms with Gasteiger partial charge in [0.05, 0.1) is 12.0 Å². The van der Waals surface area contributed by atoms with E-state index in [1.165, 1.54) is 19.2 Å². The molecule has 1 N–H and O–H groups in total. The van der Waals surface area contributed by atoms with Crippen molar-refractivity contribution in [2.45, 2.75) is 26.3 Å². The summed E-state index contributed by atoms with van der Waals surface area (Å²) in [6, 6.07) is 2.88. The van der Waals surface area contributed by atoms with Crippen LogP contribution in [0.3, 0.4) is 0 Å². The van der Waals surface area contributed by atoms with E-state index in [4.69, 9.17) is 9.84 Å². The molecule has 0 spiro atoms. The van der Waals surface area contributed by atoms with Crippen molar-refractivity contribution in [1.82, 2.24) is 4.98 Å². The molecule has 1 rings (SSSR count). The first-order valence-electron chi connectivity index (χ1n) is 6.08. The molecule has 0 saturated carbocycles. The smallest absolute Gasteiger partial charge is 0.311 e. The number of hydrogen-bond acceptors (Lipinski definition) is 6. The highest BCUT2D eigenvalue weighted by atomic mass is 16.6. The van der Waals surface area contributed by atoms with Gasteiger partial charge in [0.25, 0.3) is 0 Å². The number of aliphatic hydroxyl groups excluding tert-OH is 1. The van der Waals surface area contributed by atoms with Crippen LogP contribution >= 0.6 is 0 Å². The highest BCUT2D eigenvalue weighted by molar-refractivity contribution is 5.59. The van der Waals surface area contributed by atoms with Gasteiger partial charge in [-0.1, -0.05) is 0 Å². The highest BCUT2D eigenvalue weighted by Gasteiger charge is 2.23. The molecule has 7 nitrogen and oxygen atoms in total. The number of pyridine rings is 1. The normalized spacial score (nSPS) is 10.6. The zero-order valence-corrected chi connectivity index (χ0v) is 11.4. The molecule has 1 aromatic rings. The topological polar surface area (TPSA) is 88.7 Å². The highest BCUT2D eigenvalue weighted by Crippen LogP contribution is 2.29. The molecule has 19 heavy (non-hydrogen) atoms. The second kappa shape index (κ2) is 6.89. The lowest BCUT2D eigenvalue weighted by Gasteiger charge is -2.27. The number of rotatable bonds is 7. The zero-order valence-electron chi connectivity index (χ0n) is 11.4. The number of anilines is 1. The number of aromatic nitrogens is 1. The lowest BCUT2D eigenvalue weighted by molar-refractivity contribution is -0.384. The van der Waals surface area contributed by atoms with E-state index < -0.39 is 4.92 Å². The van der Waals surface area contributed by atoms with Crippen LogP contribution in [0.25, 0.3) is 0 Å². The molecule has 0 aromatic carbocycles. The van der Waals surface area contributed by atoms with Gasteiger partial charge in [-0.05, 0) is 20.3 Å². The van der Waals surface area contributed by atoms with Crippen molar-refractivity contribution >= 4 is 11.5 Å². The fraction of sp³-hybridized carbons (Fsp3) is 0.583. The largest absolute Gasteiger partial charge is 0.481 e. The van der Waals surface area contributed by atoms with Crippen molar-refractivity contribution in [3.05, 3.63) is 22.2 Å². The average Bonchev–Trinajstić information content (AvgIpc) is 2.38. The second-order valence-corrected chi connectivity index (χ2v) is 4.32. The summed E-state index contributed by atoms with van der Waals surface area (Å²) in [7, 11) is 1.46. The summed E-state index contributed by atoms with van der Waals surface area (Å²) in [6.07, 6.45) is 0.522. The maximum absolute atomic E-state index is 11.1. The van der Waals surface area contributed by atoms with E-state index in [2.05, 4.69) is 4.98 Å². The molecule has 0 atom stereocenters. The first-order valence-corrected chi connectivity index (χ1v) is 6.08. The van der Waals surface area contributed by atoms with Gasteiger partial charge in [0.15, 0.2) is 0 Å². The fourth-order valence-corrected chi connectivity index (χ4v) is 1.74. The first-order chi connectivity index (χ1) is 9.01. The molecule has 1 aromatic heterocycles. The van der Waals surface area contributed by atoms with Crippen LogP contribution in [0.5, 0.6) is 5.88 Å². The van der Waals surface area contributed by atoms with Crippen LogP contribution in [-0.4, -0.2) is 41.3 Å². The first kappa shape index (κ1) is 15.2. The quantitative estimate of drug-likeness (QED) is 0.597. The number of nitrogens with zero attached hydrogens (tertiary/aromatic N) is 3. The van der Waals surface area contributed by atoms with Gasteiger partial charge in [-0.3, -0.25) is 10.1 Å². The van der Waals surface area contributed by atoms with E-state index >= 15 is 0 Å². The van der Waals surface area contributed by atoms with Gasteiger partial charge in [-0.2, -0.15) is 4.98 Å². The summed E-state index contributed by atoms with van der Waals surface area (Å²) in [6.45, 7) is 4.36. The number of aliphatic hydroxyl groups is 1. The number of ether oxygens (including phenoxy) is 1. The molecule has 0 aliphatic carbocycles. The lowest BCUT2D eigenvalue weighted by atomic mass is 10.2. The second-order valence-electron chi connectivity index (χ2n) is 4.32. The minimum Gasteiger partial charge on any atom is -0.481 e. The third-order valence-corrected chi connectivity index (χ3v) is 2.69. The van der Waals surface area contributed by atoms with Crippen LogP contribution in [0.1, 0.15) is 20.3 Å². The Balaban J connectivity index is 3.20. The van der Waals surface area contributed by atoms with Gasteiger partial charge in [0.2, 0.25) is 11.7 Å². The summed E-state index contributed by atoms with van der Waals surface area (Å²) in [5.74, 6) is 0.600. The molecule has 7 heteroatoms. The van der Waals surface area contributed by atoms with Crippen molar-refractivity contribution in [3.8, 4) is 5.88 Å². The van der Waals surface area contributed by atoms with Crippen molar-refractivity contribution in [1.29, 1.82) is 0 Å². The number of methoxy groups -OCH3 is 1. The van der Waals surface area contributed by atoms with Crippen molar-refractivity contribution < 1.29 is 14.8 Å². The molecular weight excluding hydrogens is 250 g/mol. The van der Waals surface area contributed by atoms with E-state index in [1.54, 1.807) is 4.90 Å². The molecule has 1 heterocycles. The summed E-state index contributed by atoms with van der Waals surface area (Å²) in [4.78, 5) is 16.6. The fourth-order valence-electron chi connectivity index (χ4n) is 1.74. The Bertz CT molecular complexity index is 437. The number of hydrogen-bond donors (Lipinski definition) is 1. The predicted molar refractivity (Wildman–Crippen MR) is 71.6 cm³/mol. The van der Waals surface area contributed by atoms with Gasteiger partial charge < -0.3 is 14.7 Å². The van der Waals surface area contributed by atoms with Gasteiger partial charge in [0, 0.05) is 31.3 Å². The summed E-state index contributed by atoms with van der Waals surface area (Å²) < 4.78 is 5.01. The van der Waals surface area contributed by atoms with Gasteiger partial charge in [-0.15, -0.1) is 0 Å². The Hall–Kier alpha value is -1.89. The van der Waals surface area contributed by atoms with Crippen molar-refractivity contribution in [2.24, 2.45) is 0 Å². The monoisotopic (exact) mass is 269 g/mol. The van der Waals surface area contributed by atoms with Gasteiger partial charge >= 0.3 is 5.69 Å². The standard InChI is InChI=1S/C12H19N3O4/c1-9(2)14(7-4-8-16)12-10(15(17)18)5-6-11(13-12)19-3/h5-6,9,16H,4,7-8H2,1-3H3. The maximum atomic E-state index is 11.1. The van der Waals surface area contributed by atoms with Crippen molar-refractivity contribution in [2.75, 3.05) is 25.2 Å². The Morgan fingerprint density at radius 3 is 2.68 bits per heavy atom. The minimum absolute atomic E-state index is 0.0288. The third kappa shape index (κ3) is 3.78. The van der Waals surface area contributed by atoms with Crippen LogP contribution in [0.4, 0.5) is 11.5 Å². The summed E-state index contributed by atoms with van der Waals surface area (Å²) in [5, 5.41) is 20.0. The van der Waals surface area contributed by atoms with E-state index in [-0.39, 0.29) is 24.2 Å². The maximum Gasteiger partial charge on any atom is 0.311 e. The van der Waals surface area contributed by atoms with E-state index in [1.807, 2.05) is 13.8 Å². The molecule has 0 unspecified atom stereocenters.